The van der Waals surface area contributed by atoms with Gasteiger partial charge in [-0.1, -0.05) is 13.8 Å². The van der Waals surface area contributed by atoms with Crippen LogP contribution in [0.25, 0.3) is 0 Å². The van der Waals surface area contributed by atoms with E-state index in [-0.39, 0.29) is 11.6 Å². The highest BCUT2D eigenvalue weighted by atomic mass is 16.5. The molecule has 0 spiro atoms. The van der Waals surface area contributed by atoms with Crippen molar-refractivity contribution < 1.29 is 4.74 Å². The molecule has 0 aromatic carbocycles. The molecule has 0 bridgehead atoms. The zero-order valence-corrected chi connectivity index (χ0v) is 12.3. The van der Waals surface area contributed by atoms with E-state index in [4.69, 9.17) is 4.74 Å². The molecule has 1 aromatic rings. The molecule has 0 fully saturated rings. The van der Waals surface area contributed by atoms with Gasteiger partial charge in [-0.3, -0.25) is 4.79 Å². The SMILES string of the molecule is CC(C)CCOCCNc1nccn(C(C)C)c1=O. The van der Waals surface area contributed by atoms with Gasteiger partial charge >= 0.3 is 0 Å². The smallest absolute Gasteiger partial charge is 0.293 e. The van der Waals surface area contributed by atoms with Gasteiger partial charge in [0.05, 0.1) is 6.61 Å². The first-order chi connectivity index (χ1) is 9.02. The van der Waals surface area contributed by atoms with Crippen molar-refractivity contribution in [3.63, 3.8) is 0 Å². The van der Waals surface area contributed by atoms with Crippen LogP contribution < -0.4 is 10.9 Å². The zero-order valence-electron chi connectivity index (χ0n) is 12.3. The molecular weight excluding hydrogens is 242 g/mol. The van der Waals surface area contributed by atoms with Gasteiger partial charge in [0.15, 0.2) is 5.82 Å². The summed E-state index contributed by atoms with van der Waals surface area (Å²) in [4.78, 5) is 16.1. The van der Waals surface area contributed by atoms with Crippen molar-refractivity contribution >= 4 is 5.82 Å². The van der Waals surface area contributed by atoms with Gasteiger partial charge in [0.1, 0.15) is 0 Å². The summed E-state index contributed by atoms with van der Waals surface area (Å²) in [5.74, 6) is 1.05. The maximum absolute atomic E-state index is 12.0. The van der Waals surface area contributed by atoms with Crippen molar-refractivity contribution in [1.29, 1.82) is 0 Å². The summed E-state index contributed by atoms with van der Waals surface area (Å²) in [6.07, 6.45) is 4.41. The van der Waals surface area contributed by atoms with E-state index in [1.165, 1.54) is 0 Å². The van der Waals surface area contributed by atoms with Gasteiger partial charge in [0.2, 0.25) is 0 Å². The Morgan fingerprint density at radius 1 is 1.32 bits per heavy atom. The summed E-state index contributed by atoms with van der Waals surface area (Å²) in [6, 6.07) is 0.137. The molecule has 1 heterocycles. The number of anilines is 1. The molecule has 5 nitrogen and oxygen atoms in total. The summed E-state index contributed by atoms with van der Waals surface area (Å²) in [5.41, 5.74) is -0.0836. The van der Waals surface area contributed by atoms with Crippen LogP contribution in [-0.2, 0) is 4.74 Å². The third-order valence-corrected chi connectivity index (χ3v) is 2.80. The minimum Gasteiger partial charge on any atom is -0.380 e. The number of hydrogen-bond donors (Lipinski definition) is 1. The molecule has 0 aliphatic heterocycles. The van der Waals surface area contributed by atoms with Crippen molar-refractivity contribution in [3.05, 3.63) is 22.7 Å². The van der Waals surface area contributed by atoms with E-state index in [1.54, 1.807) is 17.0 Å². The summed E-state index contributed by atoms with van der Waals surface area (Å²) in [5, 5.41) is 3.03. The minimum absolute atomic E-state index is 0.0836. The predicted molar refractivity (Wildman–Crippen MR) is 77.6 cm³/mol. The van der Waals surface area contributed by atoms with E-state index in [0.717, 1.165) is 13.0 Å². The van der Waals surface area contributed by atoms with Gasteiger partial charge in [-0.15, -0.1) is 0 Å². The molecule has 0 saturated heterocycles. The standard InChI is InChI=1S/C14H25N3O2/c1-11(2)5-9-19-10-7-16-13-14(18)17(12(3)4)8-6-15-13/h6,8,11-12H,5,7,9-10H2,1-4H3,(H,15,16). The van der Waals surface area contributed by atoms with Crippen LogP contribution in [0.5, 0.6) is 0 Å². The number of aromatic nitrogens is 2. The molecule has 0 radical (unpaired) electrons. The molecule has 1 N–H and O–H groups in total. The van der Waals surface area contributed by atoms with Crippen LogP contribution >= 0.6 is 0 Å². The third-order valence-electron chi connectivity index (χ3n) is 2.80. The topological polar surface area (TPSA) is 56.1 Å². The highest BCUT2D eigenvalue weighted by molar-refractivity contribution is 5.30. The average molecular weight is 267 g/mol. The molecule has 0 unspecified atom stereocenters. The number of ether oxygens (including phenoxy) is 1. The van der Waals surface area contributed by atoms with Crippen molar-refractivity contribution in [2.24, 2.45) is 5.92 Å². The Labute approximate surface area is 115 Å². The van der Waals surface area contributed by atoms with E-state index >= 15 is 0 Å². The maximum atomic E-state index is 12.0. The number of nitrogens with zero attached hydrogens (tertiary/aromatic N) is 2. The molecule has 0 saturated carbocycles. The van der Waals surface area contributed by atoms with Crippen LogP contribution in [0.3, 0.4) is 0 Å². The van der Waals surface area contributed by atoms with Crippen LogP contribution in [0.4, 0.5) is 5.82 Å². The van der Waals surface area contributed by atoms with E-state index in [1.807, 2.05) is 13.8 Å². The van der Waals surface area contributed by atoms with Gasteiger partial charge in [-0.25, -0.2) is 4.98 Å². The fourth-order valence-corrected chi connectivity index (χ4v) is 1.62. The monoisotopic (exact) mass is 267 g/mol. The van der Waals surface area contributed by atoms with Crippen LogP contribution in [-0.4, -0.2) is 29.3 Å². The fourth-order valence-electron chi connectivity index (χ4n) is 1.62. The van der Waals surface area contributed by atoms with Crippen LogP contribution in [0, 0.1) is 5.92 Å². The summed E-state index contributed by atoms with van der Waals surface area (Å²) in [7, 11) is 0. The zero-order chi connectivity index (χ0) is 14.3. The molecule has 1 rings (SSSR count). The first kappa shape index (κ1) is 15.7. The largest absolute Gasteiger partial charge is 0.380 e. The van der Waals surface area contributed by atoms with Gasteiger partial charge in [-0.05, 0) is 26.2 Å². The predicted octanol–water partition coefficient (Wildman–Crippen LogP) is 2.30. The van der Waals surface area contributed by atoms with Crippen molar-refractivity contribution in [1.82, 2.24) is 9.55 Å². The first-order valence-corrected chi connectivity index (χ1v) is 6.91. The number of hydrogen-bond acceptors (Lipinski definition) is 4. The van der Waals surface area contributed by atoms with Crippen molar-refractivity contribution in [3.8, 4) is 0 Å². The molecule has 5 heteroatoms. The van der Waals surface area contributed by atoms with Crippen LogP contribution in [0.1, 0.15) is 40.2 Å². The van der Waals surface area contributed by atoms with E-state index in [0.29, 0.717) is 24.9 Å². The summed E-state index contributed by atoms with van der Waals surface area (Å²) in [6.45, 7) is 10.2. The molecule has 19 heavy (non-hydrogen) atoms. The van der Waals surface area contributed by atoms with Crippen LogP contribution in [0.15, 0.2) is 17.2 Å². The minimum atomic E-state index is -0.0836. The average Bonchev–Trinajstić information content (AvgIpc) is 2.34. The first-order valence-electron chi connectivity index (χ1n) is 6.91. The number of nitrogens with one attached hydrogen (secondary N) is 1. The Morgan fingerprint density at radius 2 is 2.05 bits per heavy atom. The van der Waals surface area contributed by atoms with Gasteiger partial charge in [0, 0.05) is 31.6 Å². The van der Waals surface area contributed by atoms with Crippen molar-refractivity contribution in [2.45, 2.75) is 40.2 Å². The Bertz CT molecular complexity index is 427. The quantitative estimate of drug-likeness (QED) is 0.734. The van der Waals surface area contributed by atoms with Crippen molar-refractivity contribution in [2.75, 3.05) is 25.1 Å². The molecule has 0 atom stereocenters. The van der Waals surface area contributed by atoms with E-state index < -0.39 is 0 Å². The Kier molecular flexibility index (Phi) is 6.56. The molecule has 1 aromatic heterocycles. The lowest BCUT2D eigenvalue weighted by Gasteiger charge is -2.12. The highest BCUT2D eigenvalue weighted by Crippen LogP contribution is 2.01. The Morgan fingerprint density at radius 3 is 2.68 bits per heavy atom. The lowest BCUT2D eigenvalue weighted by Crippen LogP contribution is -2.26. The normalized spacial score (nSPS) is 11.3. The molecular formula is C14H25N3O2. The van der Waals surface area contributed by atoms with Gasteiger partial charge in [-0.2, -0.15) is 0 Å². The maximum Gasteiger partial charge on any atom is 0.293 e. The van der Waals surface area contributed by atoms with E-state index in [2.05, 4.69) is 24.1 Å². The molecule has 0 aliphatic rings. The molecule has 108 valence electrons. The Hall–Kier alpha value is -1.36. The second-order valence-electron chi connectivity index (χ2n) is 5.30. The lowest BCUT2D eigenvalue weighted by atomic mass is 10.1. The molecule has 0 amide bonds. The third kappa shape index (κ3) is 5.42. The van der Waals surface area contributed by atoms with Gasteiger partial charge in [0.25, 0.3) is 5.56 Å². The second kappa shape index (κ2) is 7.94. The molecule has 0 aliphatic carbocycles. The van der Waals surface area contributed by atoms with Crippen LogP contribution in [0.2, 0.25) is 0 Å². The van der Waals surface area contributed by atoms with Gasteiger partial charge < -0.3 is 14.6 Å². The van der Waals surface area contributed by atoms with E-state index in [9.17, 15) is 4.79 Å². The summed E-state index contributed by atoms with van der Waals surface area (Å²) < 4.78 is 7.15. The second-order valence-corrected chi connectivity index (χ2v) is 5.30. The lowest BCUT2D eigenvalue weighted by molar-refractivity contribution is 0.132. The highest BCUT2D eigenvalue weighted by Gasteiger charge is 2.06. The fraction of sp³-hybridized carbons (Fsp3) is 0.714. The Balaban J connectivity index is 2.38. The number of rotatable bonds is 8. The summed E-state index contributed by atoms with van der Waals surface area (Å²) >= 11 is 0.